The molecule has 110 valence electrons. The summed E-state index contributed by atoms with van der Waals surface area (Å²) in [4.78, 5) is 10.7. The predicted molar refractivity (Wildman–Crippen MR) is 82.7 cm³/mol. The lowest BCUT2D eigenvalue weighted by molar-refractivity contribution is -0.386. The van der Waals surface area contributed by atoms with Gasteiger partial charge < -0.3 is 9.84 Å². The van der Waals surface area contributed by atoms with Gasteiger partial charge in [-0.3, -0.25) is 10.1 Å². The third kappa shape index (κ3) is 3.40. The second-order valence-corrected chi connectivity index (χ2v) is 5.50. The number of para-hydroxylation sites is 1. The van der Waals surface area contributed by atoms with E-state index in [2.05, 4.69) is 15.9 Å². The van der Waals surface area contributed by atoms with Gasteiger partial charge in [0.1, 0.15) is 5.75 Å². The maximum Gasteiger partial charge on any atom is 0.314 e. The summed E-state index contributed by atoms with van der Waals surface area (Å²) < 4.78 is 6.27. The molecule has 0 aliphatic heterocycles. The summed E-state index contributed by atoms with van der Waals surface area (Å²) in [5.41, 5.74) is 1.21. The fourth-order valence-electron chi connectivity index (χ4n) is 1.93. The lowest BCUT2D eigenvalue weighted by atomic mass is 10.1. The molecule has 1 atom stereocenters. The van der Waals surface area contributed by atoms with E-state index >= 15 is 0 Å². The zero-order chi connectivity index (χ0) is 15.6. The van der Waals surface area contributed by atoms with Crippen molar-refractivity contribution in [3.63, 3.8) is 0 Å². The van der Waals surface area contributed by atoms with Crippen LogP contribution in [0.5, 0.6) is 11.5 Å². The SMILES string of the molecule is Cc1cccc(Oc2ccc(C(C)O)cc2Br)c1[N+](=O)[O-]. The number of aliphatic hydroxyl groups excluding tert-OH is 1. The fraction of sp³-hybridized carbons (Fsp3) is 0.200. The molecule has 5 nitrogen and oxygen atoms in total. The monoisotopic (exact) mass is 351 g/mol. The molecule has 0 aliphatic rings. The van der Waals surface area contributed by atoms with Crippen molar-refractivity contribution in [2.24, 2.45) is 0 Å². The third-order valence-electron chi connectivity index (χ3n) is 3.04. The highest BCUT2D eigenvalue weighted by atomic mass is 79.9. The molecule has 0 amide bonds. The number of aliphatic hydroxyl groups is 1. The van der Waals surface area contributed by atoms with Crippen LogP contribution in [0.1, 0.15) is 24.2 Å². The van der Waals surface area contributed by atoms with Crippen LogP contribution in [0.4, 0.5) is 5.69 Å². The van der Waals surface area contributed by atoms with E-state index in [1.807, 2.05) is 0 Å². The maximum absolute atomic E-state index is 11.1. The number of ether oxygens (including phenoxy) is 1. The van der Waals surface area contributed by atoms with Gasteiger partial charge in [-0.2, -0.15) is 0 Å². The first-order valence-corrected chi connectivity index (χ1v) is 7.09. The quantitative estimate of drug-likeness (QED) is 0.649. The van der Waals surface area contributed by atoms with Gasteiger partial charge in [-0.15, -0.1) is 0 Å². The van der Waals surface area contributed by atoms with E-state index in [1.165, 1.54) is 0 Å². The molecule has 0 saturated heterocycles. The number of nitro benzene ring substituents is 1. The Bertz CT molecular complexity index is 685. The highest BCUT2D eigenvalue weighted by molar-refractivity contribution is 9.10. The van der Waals surface area contributed by atoms with E-state index < -0.39 is 11.0 Å². The number of benzene rings is 2. The van der Waals surface area contributed by atoms with Gasteiger partial charge >= 0.3 is 5.69 Å². The summed E-state index contributed by atoms with van der Waals surface area (Å²) in [7, 11) is 0. The van der Waals surface area contributed by atoms with Gasteiger partial charge in [0.25, 0.3) is 0 Å². The standard InChI is InChI=1S/C15H14BrNO4/c1-9-4-3-5-14(15(9)17(19)20)21-13-7-6-11(10(2)18)8-12(13)16/h3-8,10,18H,1-2H3. The van der Waals surface area contributed by atoms with Crippen molar-refractivity contribution in [2.45, 2.75) is 20.0 Å². The molecule has 1 N–H and O–H groups in total. The van der Waals surface area contributed by atoms with E-state index in [0.717, 1.165) is 5.56 Å². The first kappa shape index (κ1) is 15.5. The van der Waals surface area contributed by atoms with E-state index in [0.29, 0.717) is 15.8 Å². The van der Waals surface area contributed by atoms with Crippen LogP contribution in [0.2, 0.25) is 0 Å². The zero-order valence-electron chi connectivity index (χ0n) is 11.5. The molecule has 0 saturated carbocycles. The van der Waals surface area contributed by atoms with Gasteiger partial charge in [-0.05, 0) is 53.5 Å². The molecule has 0 fully saturated rings. The van der Waals surface area contributed by atoms with Crippen molar-refractivity contribution in [1.29, 1.82) is 0 Å². The average Bonchev–Trinajstić information content (AvgIpc) is 2.40. The van der Waals surface area contributed by atoms with Crippen LogP contribution in [-0.4, -0.2) is 10.0 Å². The highest BCUT2D eigenvalue weighted by Gasteiger charge is 2.19. The van der Waals surface area contributed by atoms with Crippen molar-refractivity contribution in [3.05, 3.63) is 62.1 Å². The van der Waals surface area contributed by atoms with Crippen LogP contribution in [0.15, 0.2) is 40.9 Å². The summed E-state index contributed by atoms with van der Waals surface area (Å²) in [5.74, 6) is 0.638. The molecule has 0 aromatic heterocycles. The Kier molecular flexibility index (Phi) is 4.59. The van der Waals surface area contributed by atoms with Gasteiger partial charge in [-0.1, -0.05) is 18.2 Å². The van der Waals surface area contributed by atoms with Gasteiger partial charge in [-0.25, -0.2) is 0 Å². The molecule has 0 bridgehead atoms. The minimum Gasteiger partial charge on any atom is -0.449 e. The Labute approximate surface area is 130 Å². The largest absolute Gasteiger partial charge is 0.449 e. The Morgan fingerprint density at radius 3 is 2.57 bits per heavy atom. The Hall–Kier alpha value is -1.92. The van der Waals surface area contributed by atoms with Crippen molar-refractivity contribution in [3.8, 4) is 11.5 Å². The first-order chi connectivity index (χ1) is 9.90. The zero-order valence-corrected chi connectivity index (χ0v) is 13.1. The molecule has 21 heavy (non-hydrogen) atoms. The van der Waals surface area contributed by atoms with Crippen molar-refractivity contribution in [2.75, 3.05) is 0 Å². The first-order valence-electron chi connectivity index (χ1n) is 6.29. The predicted octanol–water partition coefficient (Wildman–Crippen LogP) is 4.51. The van der Waals surface area contributed by atoms with Crippen molar-refractivity contribution >= 4 is 21.6 Å². The van der Waals surface area contributed by atoms with Gasteiger partial charge in [0, 0.05) is 5.56 Å². The topological polar surface area (TPSA) is 72.6 Å². The van der Waals surface area contributed by atoms with Crippen LogP contribution in [0, 0.1) is 17.0 Å². The summed E-state index contributed by atoms with van der Waals surface area (Å²) in [6.07, 6.45) is -0.594. The molecule has 0 spiro atoms. The van der Waals surface area contributed by atoms with E-state index in [1.54, 1.807) is 50.2 Å². The Balaban J connectivity index is 2.39. The average molecular weight is 352 g/mol. The van der Waals surface area contributed by atoms with Crippen molar-refractivity contribution in [1.82, 2.24) is 0 Å². The van der Waals surface area contributed by atoms with Crippen LogP contribution >= 0.6 is 15.9 Å². The van der Waals surface area contributed by atoms with E-state index in [-0.39, 0.29) is 11.4 Å². The molecule has 2 rings (SSSR count). The molecular formula is C15H14BrNO4. The number of hydrogen-bond donors (Lipinski definition) is 1. The van der Waals surface area contributed by atoms with Crippen LogP contribution < -0.4 is 4.74 Å². The van der Waals surface area contributed by atoms with Crippen LogP contribution in [0.25, 0.3) is 0 Å². The number of rotatable bonds is 4. The van der Waals surface area contributed by atoms with Gasteiger partial charge in [0.2, 0.25) is 5.75 Å². The Morgan fingerprint density at radius 2 is 2.00 bits per heavy atom. The molecule has 6 heteroatoms. The van der Waals surface area contributed by atoms with Gasteiger partial charge in [0.15, 0.2) is 0 Å². The second kappa shape index (κ2) is 6.24. The molecule has 0 heterocycles. The molecule has 0 radical (unpaired) electrons. The molecular weight excluding hydrogens is 338 g/mol. The number of aryl methyl sites for hydroxylation is 1. The molecule has 2 aromatic rings. The summed E-state index contributed by atoms with van der Waals surface area (Å²) in [6, 6.07) is 10.0. The van der Waals surface area contributed by atoms with Crippen LogP contribution in [-0.2, 0) is 0 Å². The third-order valence-corrected chi connectivity index (χ3v) is 3.66. The molecule has 2 aromatic carbocycles. The maximum atomic E-state index is 11.1. The number of nitro groups is 1. The van der Waals surface area contributed by atoms with Crippen molar-refractivity contribution < 1.29 is 14.8 Å². The summed E-state index contributed by atoms with van der Waals surface area (Å²) in [6.45, 7) is 3.32. The Morgan fingerprint density at radius 1 is 1.29 bits per heavy atom. The van der Waals surface area contributed by atoms with Gasteiger partial charge in [0.05, 0.1) is 15.5 Å². The summed E-state index contributed by atoms with van der Waals surface area (Å²) >= 11 is 3.35. The highest BCUT2D eigenvalue weighted by Crippen LogP contribution is 2.37. The lowest BCUT2D eigenvalue weighted by Crippen LogP contribution is -1.97. The fourth-order valence-corrected chi connectivity index (χ4v) is 2.40. The normalized spacial score (nSPS) is 12.0. The number of halogens is 1. The molecule has 1 unspecified atom stereocenters. The minimum absolute atomic E-state index is 0.0518. The lowest BCUT2D eigenvalue weighted by Gasteiger charge is -2.11. The van der Waals surface area contributed by atoms with Crippen LogP contribution in [0.3, 0.4) is 0 Å². The molecule has 0 aliphatic carbocycles. The second-order valence-electron chi connectivity index (χ2n) is 4.65. The minimum atomic E-state index is -0.594. The van der Waals surface area contributed by atoms with E-state index in [4.69, 9.17) is 4.74 Å². The number of hydrogen-bond acceptors (Lipinski definition) is 4. The summed E-state index contributed by atoms with van der Waals surface area (Å²) in [5, 5.41) is 20.7. The number of nitrogens with zero attached hydrogens (tertiary/aromatic N) is 1. The smallest absolute Gasteiger partial charge is 0.314 e. The van der Waals surface area contributed by atoms with E-state index in [9.17, 15) is 15.2 Å².